The zero-order chi connectivity index (χ0) is 22.9. The second kappa shape index (κ2) is 8.94. The summed E-state index contributed by atoms with van der Waals surface area (Å²) in [5.41, 5.74) is 4.43. The number of halogens is 1. The molecule has 0 saturated carbocycles. The standard InChI is InChI=1S/C24H26ClN7O/c1-14(33)5-6-16-7-9-32(11-16)22-18(10-19(25)17-4-3-8-26-20(17)22)15(2)31-24-21-23(28-12-27-21)29-13-30-24/h3-4,8,10,12-13,15-16H,5-7,9,11H2,1-2H3,(H2,27,28,29,30,31). The molecule has 2 N–H and O–H groups in total. The number of fused-ring (bicyclic) bond motifs is 2. The van der Waals surface area contributed by atoms with E-state index in [0.717, 1.165) is 53.6 Å². The Bertz CT molecular complexity index is 1320. The molecule has 4 heterocycles. The summed E-state index contributed by atoms with van der Waals surface area (Å²) in [6.45, 7) is 5.59. The van der Waals surface area contributed by atoms with Crippen LogP contribution in [0.15, 0.2) is 37.1 Å². The molecule has 0 spiro atoms. The molecule has 5 rings (SSSR count). The number of ketones is 1. The molecule has 1 aliphatic rings. The van der Waals surface area contributed by atoms with Crippen molar-refractivity contribution in [2.24, 2.45) is 5.92 Å². The molecule has 0 radical (unpaired) electrons. The largest absolute Gasteiger partial charge is 0.369 e. The van der Waals surface area contributed by atoms with E-state index in [2.05, 4.69) is 37.1 Å². The van der Waals surface area contributed by atoms with E-state index >= 15 is 0 Å². The van der Waals surface area contributed by atoms with Gasteiger partial charge in [-0.05, 0) is 50.8 Å². The Morgan fingerprint density at radius 2 is 2.21 bits per heavy atom. The Morgan fingerprint density at radius 1 is 1.33 bits per heavy atom. The van der Waals surface area contributed by atoms with Crippen molar-refractivity contribution in [3.8, 4) is 0 Å². The number of aromatic amines is 1. The minimum Gasteiger partial charge on any atom is -0.369 e. The van der Waals surface area contributed by atoms with Crippen LogP contribution in [0.25, 0.3) is 22.1 Å². The molecule has 1 saturated heterocycles. The van der Waals surface area contributed by atoms with Gasteiger partial charge in [-0.15, -0.1) is 0 Å². The van der Waals surface area contributed by atoms with Gasteiger partial charge in [0.15, 0.2) is 11.5 Å². The summed E-state index contributed by atoms with van der Waals surface area (Å²) in [4.78, 5) is 34.6. The summed E-state index contributed by atoms with van der Waals surface area (Å²) in [6.07, 6.45) is 7.55. The SMILES string of the molecule is CC(=O)CCC1CCN(c2c(C(C)Nc3ncnc4nc[nH]c34)cc(Cl)c3cccnc23)C1. The maximum Gasteiger partial charge on any atom is 0.182 e. The summed E-state index contributed by atoms with van der Waals surface area (Å²) in [6, 6.07) is 5.86. The van der Waals surface area contributed by atoms with E-state index < -0.39 is 0 Å². The van der Waals surface area contributed by atoms with Gasteiger partial charge in [0.25, 0.3) is 0 Å². The van der Waals surface area contributed by atoms with Crippen LogP contribution in [0.3, 0.4) is 0 Å². The van der Waals surface area contributed by atoms with Crippen LogP contribution in [0.5, 0.6) is 0 Å². The number of carbonyl (C=O) groups is 1. The predicted molar refractivity (Wildman–Crippen MR) is 131 cm³/mol. The van der Waals surface area contributed by atoms with Crippen molar-refractivity contribution in [2.45, 2.75) is 39.2 Å². The van der Waals surface area contributed by atoms with Crippen LogP contribution in [0.1, 0.15) is 44.7 Å². The van der Waals surface area contributed by atoms with Crippen LogP contribution in [-0.2, 0) is 4.79 Å². The number of pyridine rings is 1. The second-order valence-electron chi connectivity index (χ2n) is 8.73. The number of anilines is 2. The summed E-state index contributed by atoms with van der Waals surface area (Å²) >= 11 is 6.71. The molecule has 2 unspecified atom stereocenters. The zero-order valence-electron chi connectivity index (χ0n) is 18.7. The number of benzene rings is 1. The normalized spacial score (nSPS) is 17.1. The predicted octanol–water partition coefficient (Wildman–Crippen LogP) is 4.92. The number of hydrogen-bond acceptors (Lipinski definition) is 7. The van der Waals surface area contributed by atoms with Crippen molar-refractivity contribution in [3.63, 3.8) is 0 Å². The number of imidazole rings is 1. The van der Waals surface area contributed by atoms with E-state index in [1.807, 2.05) is 24.4 Å². The number of H-pyrrole nitrogens is 1. The number of Topliss-reactive ketones (excluding diaryl/α,β-unsaturated/α-hetero) is 1. The van der Waals surface area contributed by atoms with Gasteiger partial charge < -0.3 is 20.0 Å². The van der Waals surface area contributed by atoms with Crippen LogP contribution in [0, 0.1) is 5.92 Å². The van der Waals surface area contributed by atoms with E-state index in [-0.39, 0.29) is 11.8 Å². The first kappa shape index (κ1) is 21.6. The number of aromatic nitrogens is 5. The first-order valence-electron chi connectivity index (χ1n) is 11.2. The summed E-state index contributed by atoms with van der Waals surface area (Å²) in [7, 11) is 0. The molecule has 170 valence electrons. The van der Waals surface area contributed by atoms with Crippen molar-refractivity contribution in [2.75, 3.05) is 23.3 Å². The quantitative estimate of drug-likeness (QED) is 0.401. The molecule has 1 fully saturated rings. The first-order valence-corrected chi connectivity index (χ1v) is 11.6. The fourth-order valence-corrected chi connectivity index (χ4v) is 4.97. The van der Waals surface area contributed by atoms with Gasteiger partial charge in [0.05, 0.1) is 28.6 Å². The molecule has 0 aliphatic carbocycles. The van der Waals surface area contributed by atoms with Gasteiger partial charge in [-0.1, -0.05) is 11.6 Å². The molecule has 8 nitrogen and oxygen atoms in total. The fourth-order valence-electron chi connectivity index (χ4n) is 4.70. The van der Waals surface area contributed by atoms with Crippen molar-refractivity contribution in [1.29, 1.82) is 0 Å². The molecule has 0 bridgehead atoms. The molecule has 4 aromatic rings. The number of hydrogen-bond donors (Lipinski definition) is 2. The lowest BCUT2D eigenvalue weighted by molar-refractivity contribution is -0.117. The average Bonchev–Trinajstić information content (AvgIpc) is 3.48. The molecule has 0 amide bonds. The van der Waals surface area contributed by atoms with Crippen molar-refractivity contribution in [1.82, 2.24) is 24.9 Å². The third-order valence-corrected chi connectivity index (χ3v) is 6.71. The summed E-state index contributed by atoms with van der Waals surface area (Å²) < 4.78 is 0. The van der Waals surface area contributed by atoms with Gasteiger partial charge in [-0.3, -0.25) is 4.98 Å². The van der Waals surface area contributed by atoms with Crippen LogP contribution in [-0.4, -0.2) is 43.8 Å². The Balaban J connectivity index is 1.53. The molecule has 33 heavy (non-hydrogen) atoms. The lowest BCUT2D eigenvalue weighted by Crippen LogP contribution is -2.23. The fraction of sp³-hybridized carbons (Fsp3) is 0.375. The minimum absolute atomic E-state index is 0.0958. The Morgan fingerprint density at radius 3 is 3.06 bits per heavy atom. The minimum atomic E-state index is -0.0958. The average molecular weight is 464 g/mol. The highest BCUT2D eigenvalue weighted by molar-refractivity contribution is 6.36. The van der Waals surface area contributed by atoms with Crippen molar-refractivity contribution in [3.05, 3.63) is 47.6 Å². The van der Waals surface area contributed by atoms with Crippen LogP contribution in [0.2, 0.25) is 5.02 Å². The first-order chi connectivity index (χ1) is 16.0. The Kier molecular flexibility index (Phi) is 5.85. The van der Waals surface area contributed by atoms with Crippen LogP contribution < -0.4 is 10.2 Å². The third kappa shape index (κ3) is 4.23. The maximum absolute atomic E-state index is 11.5. The highest BCUT2D eigenvalue weighted by Gasteiger charge is 2.28. The lowest BCUT2D eigenvalue weighted by atomic mass is 10.00. The van der Waals surface area contributed by atoms with Crippen LogP contribution in [0.4, 0.5) is 11.5 Å². The van der Waals surface area contributed by atoms with Gasteiger partial charge in [0, 0.05) is 36.7 Å². The Hall–Kier alpha value is -3.26. The van der Waals surface area contributed by atoms with Gasteiger partial charge in [0.1, 0.15) is 17.6 Å². The summed E-state index contributed by atoms with van der Waals surface area (Å²) in [5.74, 6) is 1.43. The highest BCUT2D eigenvalue weighted by Crippen LogP contribution is 2.41. The smallest absolute Gasteiger partial charge is 0.182 e. The lowest BCUT2D eigenvalue weighted by Gasteiger charge is -2.27. The summed E-state index contributed by atoms with van der Waals surface area (Å²) in [5, 5.41) is 5.13. The van der Waals surface area contributed by atoms with Gasteiger partial charge in [-0.2, -0.15) is 0 Å². The monoisotopic (exact) mass is 463 g/mol. The molecule has 3 aromatic heterocycles. The highest BCUT2D eigenvalue weighted by atomic mass is 35.5. The van der Waals surface area contributed by atoms with Crippen molar-refractivity contribution < 1.29 is 4.79 Å². The van der Waals surface area contributed by atoms with E-state index in [1.165, 1.54) is 6.33 Å². The Labute approximate surface area is 196 Å². The molecule has 2 atom stereocenters. The van der Waals surface area contributed by atoms with E-state index in [4.69, 9.17) is 16.6 Å². The van der Waals surface area contributed by atoms with Crippen molar-refractivity contribution >= 4 is 51.0 Å². The van der Waals surface area contributed by atoms with Crippen LogP contribution >= 0.6 is 11.6 Å². The molecular formula is C24H26ClN7O. The maximum atomic E-state index is 11.5. The van der Waals surface area contributed by atoms with E-state index in [9.17, 15) is 4.79 Å². The van der Waals surface area contributed by atoms with E-state index in [1.54, 1.807) is 13.3 Å². The number of nitrogens with one attached hydrogen (secondary N) is 2. The topological polar surface area (TPSA) is 99.7 Å². The third-order valence-electron chi connectivity index (χ3n) is 6.39. The number of nitrogens with zero attached hydrogens (tertiary/aromatic N) is 5. The van der Waals surface area contributed by atoms with Gasteiger partial charge in [0.2, 0.25) is 0 Å². The van der Waals surface area contributed by atoms with Gasteiger partial charge in [-0.25, -0.2) is 15.0 Å². The number of carbonyl (C=O) groups excluding carboxylic acids is 1. The second-order valence-corrected chi connectivity index (χ2v) is 9.13. The van der Waals surface area contributed by atoms with Gasteiger partial charge >= 0.3 is 0 Å². The molecule has 1 aromatic carbocycles. The van der Waals surface area contributed by atoms with E-state index in [0.29, 0.717) is 28.8 Å². The molecule has 1 aliphatic heterocycles. The molecule has 9 heteroatoms. The zero-order valence-corrected chi connectivity index (χ0v) is 19.4. The molecular weight excluding hydrogens is 438 g/mol. The number of rotatable bonds is 7.